The number of aliphatic carboxylic acids is 1. The third kappa shape index (κ3) is 3.83. The van der Waals surface area contributed by atoms with Crippen LogP contribution < -0.4 is 0 Å². The summed E-state index contributed by atoms with van der Waals surface area (Å²) >= 11 is 0. The lowest BCUT2D eigenvalue weighted by Gasteiger charge is -2.31. The van der Waals surface area contributed by atoms with Crippen LogP contribution >= 0.6 is 0 Å². The van der Waals surface area contributed by atoms with Gasteiger partial charge in [-0.3, -0.25) is 9.89 Å². The number of nitriles is 1. The molecule has 1 aliphatic rings. The van der Waals surface area contributed by atoms with Gasteiger partial charge < -0.3 is 9.67 Å². The minimum Gasteiger partial charge on any atom is -0.481 e. The molecule has 9 heteroatoms. The maximum atomic E-state index is 14.4. The van der Waals surface area contributed by atoms with Crippen LogP contribution in [0.25, 0.3) is 27.8 Å². The van der Waals surface area contributed by atoms with E-state index in [4.69, 9.17) is 4.98 Å². The van der Waals surface area contributed by atoms with E-state index in [2.05, 4.69) is 16.3 Å². The predicted octanol–water partition coefficient (Wildman–Crippen LogP) is 5.73. The van der Waals surface area contributed by atoms with Gasteiger partial charge in [-0.1, -0.05) is 13.8 Å². The maximum absolute atomic E-state index is 14.4. The maximum Gasteiger partial charge on any atom is 0.306 e. The summed E-state index contributed by atoms with van der Waals surface area (Å²) in [5.74, 6) is -3.05. The minimum atomic E-state index is -0.964. The van der Waals surface area contributed by atoms with Crippen LogP contribution in [0.5, 0.6) is 0 Å². The van der Waals surface area contributed by atoms with Crippen molar-refractivity contribution in [2.75, 3.05) is 0 Å². The first kappa shape index (κ1) is 23.0. The molecule has 1 saturated carbocycles. The fraction of sp³-hybridized carbons (Fsp3) is 0.385. The zero-order valence-corrected chi connectivity index (χ0v) is 19.5. The number of hydrogen-bond donors (Lipinski definition) is 2. The van der Waals surface area contributed by atoms with Gasteiger partial charge in [-0.25, -0.2) is 13.8 Å². The topological polar surface area (TPSA) is 108 Å². The first-order valence-corrected chi connectivity index (χ1v) is 11.7. The molecular formula is C26H25F2N5O2. The van der Waals surface area contributed by atoms with Crippen molar-refractivity contribution < 1.29 is 18.7 Å². The van der Waals surface area contributed by atoms with E-state index in [0.29, 0.717) is 48.1 Å². The van der Waals surface area contributed by atoms with Crippen molar-refractivity contribution in [3.8, 4) is 11.8 Å². The van der Waals surface area contributed by atoms with Crippen molar-refractivity contribution >= 4 is 28.0 Å². The van der Waals surface area contributed by atoms with Crippen LogP contribution in [-0.4, -0.2) is 30.8 Å². The first-order valence-electron chi connectivity index (χ1n) is 11.7. The number of pyridine rings is 1. The van der Waals surface area contributed by atoms with E-state index in [1.165, 1.54) is 6.07 Å². The molecule has 4 aromatic rings. The van der Waals surface area contributed by atoms with Crippen LogP contribution in [-0.2, 0) is 10.2 Å². The third-order valence-electron chi connectivity index (χ3n) is 7.19. The van der Waals surface area contributed by atoms with Gasteiger partial charge in [0.05, 0.1) is 29.2 Å². The largest absolute Gasteiger partial charge is 0.481 e. The second-order valence-corrected chi connectivity index (χ2v) is 9.97. The van der Waals surface area contributed by atoms with Crippen molar-refractivity contribution in [3.63, 3.8) is 0 Å². The molecule has 0 saturated heterocycles. The van der Waals surface area contributed by atoms with Crippen LogP contribution in [0.2, 0.25) is 0 Å². The number of hydrogen-bond acceptors (Lipinski definition) is 4. The molecule has 0 atom stereocenters. The summed E-state index contributed by atoms with van der Waals surface area (Å²) in [5.41, 5.74) is 3.55. The van der Waals surface area contributed by atoms with E-state index in [-0.39, 0.29) is 18.3 Å². The van der Waals surface area contributed by atoms with Crippen LogP contribution in [0.3, 0.4) is 0 Å². The Bertz CT molecular complexity index is 1490. The molecule has 0 amide bonds. The fourth-order valence-corrected chi connectivity index (χ4v) is 5.45. The summed E-state index contributed by atoms with van der Waals surface area (Å²) in [6.07, 6.45) is 4.26. The lowest BCUT2D eigenvalue weighted by atomic mass is 9.74. The molecule has 0 aliphatic heterocycles. The van der Waals surface area contributed by atoms with E-state index in [9.17, 15) is 23.9 Å². The number of aromatic amines is 1. The minimum absolute atomic E-state index is 0.0143. The van der Waals surface area contributed by atoms with Crippen LogP contribution in [0.15, 0.2) is 30.5 Å². The van der Waals surface area contributed by atoms with Gasteiger partial charge in [0.25, 0.3) is 0 Å². The number of aromatic nitrogens is 4. The molecule has 1 aromatic carbocycles. The van der Waals surface area contributed by atoms with Gasteiger partial charge in [0.15, 0.2) is 17.3 Å². The summed E-state index contributed by atoms with van der Waals surface area (Å²) in [6.45, 7) is 3.92. The Kier molecular flexibility index (Phi) is 5.55. The van der Waals surface area contributed by atoms with E-state index < -0.39 is 23.0 Å². The number of rotatable bonds is 5. The van der Waals surface area contributed by atoms with Gasteiger partial charge in [-0.05, 0) is 49.8 Å². The number of H-pyrrole nitrogens is 1. The summed E-state index contributed by atoms with van der Waals surface area (Å²) in [4.78, 5) is 16.4. The lowest BCUT2D eigenvalue weighted by molar-refractivity contribution is -0.142. The summed E-state index contributed by atoms with van der Waals surface area (Å²) < 4.78 is 30.1. The average molecular weight is 478 g/mol. The van der Waals surface area contributed by atoms with Gasteiger partial charge in [-0.15, -0.1) is 0 Å². The molecule has 0 radical (unpaired) electrons. The van der Waals surface area contributed by atoms with Gasteiger partial charge in [0, 0.05) is 40.2 Å². The van der Waals surface area contributed by atoms with Crippen molar-refractivity contribution in [1.82, 2.24) is 19.7 Å². The first-order chi connectivity index (χ1) is 16.7. The highest BCUT2D eigenvalue weighted by atomic mass is 19.2. The fourth-order valence-electron chi connectivity index (χ4n) is 5.45. The Hall–Kier alpha value is -3.80. The number of carbonyl (C=O) groups is 1. The van der Waals surface area contributed by atoms with E-state index >= 15 is 0 Å². The van der Waals surface area contributed by atoms with Crippen molar-refractivity contribution in [2.45, 2.75) is 57.3 Å². The summed E-state index contributed by atoms with van der Waals surface area (Å²) in [6, 6.07) is 7.96. The molecule has 5 rings (SSSR count). The molecule has 1 aliphatic carbocycles. The number of benzene rings is 1. The molecule has 35 heavy (non-hydrogen) atoms. The van der Waals surface area contributed by atoms with Crippen molar-refractivity contribution in [1.29, 1.82) is 5.26 Å². The Balaban J connectivity index is 1.84. The van der Waals surface area contributed by atoms with E-state index in [1.54, 1.807) is 6.20 Å². The SMILES string of the molecule is CC(C)(CC#N)c1c(C2CCC(C(=O)O)CC2)c2nc3[nH]ncc3cc2n1-c1ccc(F)c(F)c1. The molecular weight excluding hydrogens is 452 g/mol. The Morgan fingerprint density at radius 3 is 2.63 bits per heavy atom. The third-order valence-corrected chi connectivity index (χ3v) is 7.19. The number of nitrogens with zero attached hydrogens (tertiary/aromatic N) is 4. The Morgan fingerprint density at radius 2 is 1.97 bits per heavy atom. The van der Waals surface area contributed by atoms with Crippen molar-refractivity contribution in [2.24, 2.45) is 5.92 Å². The summed E-state index contributed by atoms with van der Waals surface area (Å²) in [7, 11) is 0. The molecule has 0 spiro atoms. The van der Waals surface area contributed by atoms with E-state index in [1.807, 2.05) is 24.5 Å². The highest BCUT2D eigenvalue weighted by Crippen LogP contribution is 2.47. The van der Waals surface area contributed by atoms with Crippen LogP contribution in [0.4, 0.5) is 8.78 Å². The second-order valence-electron chi connectivity index (χ2n) is 9.97. The standard InChI is InChI=1S/C26H25F2N5O2/c1-26(2,9-10-29)23-21(14-3-5-15(6-4-14)25(34)35)22-20(11-16-13-30-32-24(16)31-22)33(23)17-7-8-18(27)19(28)12-17/h7-8,11-15H,3-6,9H2,1-2H3,(H,34,35)(H,30,31,32). The molecule has 0 bridgehead atoms. The quantitative estimate of drug-likeness (QED) is 0.382. The molecule has 3 aromatic heterocycles. The molecule has 3 heterocycles. The molecule has 180 valence electrons. The van der Waals surface area contributed by atoms with Gasteiger partial charge in [-0.2, -0.15) is 10.4 Å². The molecule has 0 unspecified atom stereocenters. The number of nitrogens with one attached hydrogen (secondary N) is 1. The number of fused-ring (bicyclic) bond motifs is 2. The number of carboxylic acids is 1. The number of carboxylic acid groups (broad SMARTS) is 1. The second kappa shape index (κ2) is 8.45. The predicted molar refractivity (Wildman–Crippen MR) is 126 cm³/mol. The Labute approximate surface area is 200 Å². The van der Waals surface area contributed by atoms with Gasteiger partial charge in [0.1, 0.15) is 0 Å². The smallest absolute Gasteiger partial charge is 0.306 e. The van der Waals surface area contributed by atoms with Gasteiger partial charge in [0.2, 0.25) is 0 Å². The zero-order chi connectivity index (χ0) is 24.9. The Morgan fingerprint density at radius 1 is 1.23 bits per heavy atom. The molecule has 1 fully saturated rings. The normalized spacial score (nSPS) is 18.7. The average Bonchev–Trinajstić information content (AvgIpc) is 3.41. The molecule has 7 nitrogen and oxygen atoms in total. The van der Waals surface area contributed by atoms with Crippen LogP contribution in [0.1, 0.15) is 63.1 Å². The zero-order valence-electron chi connectivity index (χ0n) is 19.5. The summed E-state index contributed by atoms with van der Waals surface area (Å²) in [5, 5.41) is 26.9. The van der Waals surface area contributed by atoms with Crippen LogP contribution in [0, 0.1) is 28.9 Å². The van der Waals surface area contributed by atoms with E-state index in [0.717, 1.165) is 28.8 Å². The monoisotopic (exact) mass is 477 g/mol. The molecule has 2 N–H and O–H groups in total. The highest BCUT2D eigenvalue weighted by Gasteiger charge is 2.37. The van der Waals surface area contributed by atoms with Gasteiger partial charge >= 0.3 is 5.97 Å². The van der Waals surface area contributed by atoms with Crippen molar-refractivity contribution in [3.05, 3.63) is 53.4 Å². The lowest BCUT2D eigenvalue weighted by Crippen LogP contribution is -2.26. The number of halogens is 2. The highest BCUT2D eigenvalue weighted by molar-refractivity contribution is 5.94.